The van der Waals surface area contributed by atoms with Gasteiger partial charge in [-0.25, -0.2) is 0 Å². The lowest BCUT2D eigenvalue weighted by molar-refractivity contribution is -0.115. The predicted octanol–water partition coefficient (Wildman–Crippen LogP) is 3.93. The van der Waals surface area contributed by atoms with Crippen LogP contribution in [0.15, 0.2) is 77.6 Å². The third kappa shape index (κ3) is 2.64. The van der Waals surface area contributed by atoms with Crippen LogP contribution in [0.2, 0.25) is 0 Å². The molecule has 1 aliphatic heterocycles. The maximum Gasteiger partial charge on any atom is 0.159 e. The number of ether oxygens (including phenoxy) is 1. The fourth-order valence-electron chi connectivity index (χ4n) is 3.71. The van der Waals surface area contributed by atoms with Gasteiger partial charge in [0.2, 0.25) is 0 Å². The Labute approximate surface area is 147 Å². The third-order valence-corrected chi connectivity index (χ3v) is 4.95. The molecule has 0 fully saturated rings. The number of benzene rings is 2. The molecule has 0 saturated carbocycles. The average molecular weight is 332 g/mol. The van der Waals surface area contributed by atoms with E-state index >= 15 is 0 Å². The van der Waals surface area contributed by atoms with E-state index in [1.165, 1.54) is 0 Å². The van der Waals surface area contributed by atoms with Crippen LogP contribution in [0.4, 0.5) is 5.69 Å². The summed E-state index contributed by atoms with van der Waals surface area (Å²) in [6, 6.07) is 20.3. The van der Waals surface area contributed by atoms with Crippen LogP contribution < -0.4 is 5.01 Å². The van der Waals surface area contributed by atoms with Gasteiger partial charge in [0, 0.05) is 18.9 Å². The van der Waals surface area contributed by atoms with Gasteiger partial charge in [0.15, 0.2) is 5.78 Å². The number of rotatable bonds is 3. The first kappa shape index (κ1) is 15.6. The number of carbonyl (C=O) groups excluding carboxylic acids is 1. The molecule has 2 aliphatic rings. The van der Waals surface area contributed by atoms with Gasteiger partial charge in [-0.3, -0.25) is 9.80 Å². The van der Waals surface area contributed by atoms with E-state index in [9.17, 15) is 4.79 Å². The number of hydrogen-bond donors (Lipinski definition) is 0. The number of nitrogens with zero attached hydrogens (tertiary/aromatic N) is 2. The molecule has 25 heavy (non-hydrogen) atoms. The van der Waals surface area contributed by atoms with Gasteiger partial charge in [-0.15, -0.1) is 0 Å². The molecule has 0 aromatic heterocycles. The van der Waals surface area contributed by atoms with Crippen LogP contribution in [-0.4, -0.2) is 24.1 Å². The largest absolute Gasteiger partial charge is 0.498 e. The lowest BCUT2D eigenvalue weighted by Crippen LogP contribution is -2.47. The number of methoxy groups -OCH3 is 1. The second-order valence-electron chi connectivity index (χ2n) is 6.45. The molecule has 126 valence electrons. The summed E-state index contributed by atoms with van der Waals surface area (Å²) in [4.78, 5) is 12.0. The van der Waals surface area contributed by atoms with Crippen molar-refractivity contribution >= 4 is 17.2 Å². The normalized spacial score (nSPS) is 22.8. The smallest absolute Gasteiger partial charge is 0.159 e. The third-order valence-electron chi connectivity index (χ3n) is 4.95. The highest BCUT2D eigenvalue weighted by molar-refractivity contribution is 6.05. The highest BCUT2D eigenvalue weighted by Gasteiger charge is 2.49. The second kappa shape index (κ2) is 6.20. The summed E-state index contributed by atoms with van der Waals surface area (Å²) in [6.45, 7) is 0. The number of anilines is 1. The molecular weight excluding hydrogens is 312 g/mol. The predicted molar refractivity (Wildman–Crippen MR) is 98.6 cm³/mol. The summed E-state index contributed by atoms with van der Waals surface area (Å²) in [6.07, 6.45) is 3.57. The van der Waals surface area contributed by atoms with Crippen molar-refractivity contribution in [1.82, 2.24) is 0 Å². The van der Waals surface area contributed by atoms with E-state index < -0.39 is 5.54 Å². The van der Waals surface area contributed by atoms with Gasteiger partial charge in [0.25, 0.3) is 0 Å². The standard InChI is InChI=1S/C21H20N2O2/c1-25-20-14-18(24)12-13-21(20)15-19(16-8-4-2-5-9-16)22-23(21)17-10-6-3-7-11-17/h2-11,14H,12-13,15H2,1H3. The first-order valence-electron chi connectivity index (χ1n) is 8.50. The van der Waals surface area contributed by atoms with Crippen molar-refractivity contribution in [3.63, 3.8) is 0 Å². The molecule has 0 saturated heterocycles. The molecule has 1 unspecified atom stereocenters. The Morgan fingerprint density at radius 3 is 2.40 bits per heavy atom. The number of carbonyl (C=O) groups is 1. The van der Waals surface area contributed by atoms with E-state index in [1.807, 2.05) is 53.5 Å². The van der Waals surface area contributed by atoms with Crippen LogP contribution in [0.5, 0.6) is 0 Å². The van der Waals surface area contributed by atoms with Crippen molar-refractivity contribution in [1.29, 1.82) is 0 Å². The lowest BCUT2D eigenvalue weighted by atomic mass is 9.80. The topological polar surface area (TPSA) is 41.9 Å². The summed E-state index contributed by atoms with van der Waals surface area (Å²) in [5.41, 5.74) is 2.69. The number of ketones is 1. The van der Waals surface area contributed by atoms with Crippen molar-refractivity contribution in [2.24, 2.45) is 5.10 Å². The van der Waals surface area contributed by atoms with Crippen molar-refractivity contribution < 1.29 is 9.53 Å². The van der Waals surface area contributed by atoms with Crippen LogP contribution in [0.1, 0.15) is 24.8 Å². The Hall–Kier alpha value is -2.88. The number of hydrazone groups is 1. The molecule has 1 spiro atoms. The highest BCUT2D eigenvalue weighted by Crippen LogP contribution is 2.44. The van der Waals surface area contributed by atoms with E-state index in [1.54, 1.807) is 13.2 Å². The molecule has 0 amide bonds. The van der Waals surface area contributed by atoms with E-state index in [4.69, 9.17) is 9.84 Å². The number of allylic oxidation sites excluding steroid dienone is 1. The molecule has 1 atom stereocenters. The van der Waals surface area contributed by atoms with Gasteiger partial charge >= 0.3 is 0 Å². The van der Waals surface area contributed by atoms with Crippen LogP contribution in [0.3, 0.4) is 0 Å². The first-order chi connectivity index (χ1) is 12.2. The Balaban J connectivity index is 1.84. The van der Waals surface area contributed by atoms with E-state index in [0.29, 0.717) is 18.6 Å². The summed E-state index contributed by atoms with van der Waals surface area (Å²) in [5.74, 6) is 0.811. The lowest BCUT2D eigenvalue weighted by Gasteiger charge is -2.40. The summed E-state index contributed by atoms with van der Waals surface area (Å²) in [7, 11) is 1.63. The van der Waals surface area contributed by atoms with Crippen molar-refractivity contribution in [2.75, 3.05) is 12.1 Å². The number of para-hydroxylation sites is 1. The van der Waals surface area contributed by atoms with E-state index in [0.717, 1.165) is 23.4 Å². The molecule has 0 radical (unpaired) electrons. The van der Waals surface area contributed by atoms with Gasteiger partial charge in [-0.05, 0) is 24.1 Å². The minimum atomic E-state index is -0.435. The minimum Gasteiger partial charge on any atom is -0.498 e. The maximum atomic E-state index is 12.0. The van der Waals surface area contributed by atoms with Crippen LogP contribution in [0.25, 0.3) is 0 Å². The molecule has 2 aromatic rings. The zero-order valence-electron chi connectivity index (χ0n) is 14.2. The SMILES string of the molecule is COC1=CC(=O)CCC12CC(c1ccccc1)=NN2c1ccccc1. The van der Waals surface area contributed by atoms with Crippen LogP contribution >= 0.6 is 0 Å². The maximum absolute atomic E-state index is 12.0. The highest BCUT2D eigenvalue weighted by atomic mass is 16.5. The van der Waals surface area contributed by atoms with Gasteiger partial charge < -0.3 is 4.74 Å². The average Bonchev–Trinajstić information content (AvgIpc) is 3.05. The van der Waals surface area contributed by atoms with Crippen LogP contribution in [0, 0.1) is 0 Å². The molecule has 1 heterocycles. The number of hydrogen-bond acceptors (Lipinski definition) is 4. The summed E-state index contributed by atoms with van der Waals surface area (Å²) in [5, 5.41) is 6.99. The van der Waals surface area contributed by atoms with E-state index in [2.05, 4.69) is 12.1 Å². The van der Waals surface area contributed by atoms with Crippen molar-refractivity contribution in [3.8, 4) is 0 Å². The molecule has 4 heteroatoms. The zero-order valence-corrected chi connectivity index (χ0v) is 14.2. The summed E-state index contributed by atoms with van der Waals surface area (Å²) < 4.78 is 5.66. The quantitative estimate of drug-likeness (QED) is 0.855. The fraction of sp³-hybridized carbons (Fsp3) is 0.238. The van der Waals surface area contributed by atoms with E-state index in [-0.39, 0.29) is 5.78 Å². The van der Waals surface area contributed by atoms with Gasteiger partial charge in [-0.2, -0.15) is 5.10 Å². The fourth-order valence-corrected chi connectivity index (χ4v) is 3.71. The Kier molecular flexibility index (Phi) is 3.88. The molecule has 0 N–H and O–H groups in total. The first-order valence-corrected chi connectivity index (χ1v) is 8.50. The molecule has 4 nitrogen and oxygen atoms in total. The molecule has 0 bridgehead atoms. The van der Waals surface area contributed by atoms with Gasteiger partial charge in [0.05, 0.1) is 18.5 Å². The summed E-state index contributed by atoms with van der Waals surface area (Å²) >= 11 is 0. The molecule has 4 rings (SSSR count). The Morgan fingerprint density at radius 2 is 1.72 bits per heavy atom. The second-order valence-corrected chi connectivity index (χ2v) is 6.45. The van der Waals surface area contributed by atoms with Gasteiger partial charge in [-0.1, -0.05) is 48.5 Å². The molecule has 1 aliphatic carbocycles. The zero-order chi connectivity index (χ0) is 17.3. The van der Waals surface area contributed by atoms with Crippen molar-refractivity contribution in [3.05, 3.63) is 78.1 Å². The monoisotopic (exact) mass is 332 g/mol. The minimum absolute atomic E-state index is 0.114. The van der Waals surface area contributed by atoms with Gasteiger partial charge in [0.1, 0.15) is 11.3 Å². The van der Waals surface area contributed by atoms with Crippen molar-refractivity contribution in [2.45, 2.75) is 24.8 Å². The Morgan fingerprint density at radius 1 is 1.04 bits per heavy atom. The Bertz CT molecular complexity index is 843. The molecule has 2 aromatic carbocycles. The van der Waals surface area contributed by atoms with Crippen LogP contribution in [-0.2, 0) is 9.53 Å². The molecular formula is C21H20N2O2.